The van der Waals surface area contributed by atoms with Gasteiger partial charge in [0.25, 0.3) is 10.0 Å². The zero-order chi connectivity index (χ0) is 25.5. The van der Waals surface area contributed by atoms with Gasteiger partial charge in [-0.1, -0.05) is 13.0 Å². The number of carbonyl (C=O) groups is 1. The number of hydrogen-bond acceptors (Lipinski definition) is 7. The van der Waals surface area contributed by atoms with Gasteiger partial charge in [0.1, 0.15) is 12.4 Å². The molecule has 36 heavy (non-hydrogen) atoms. The second-order valence-electron chi connectivity index (χ2n) is 9.79. The van der Waals surface area contributed by atoms with Gasteiger partial charge in [-0.2, -0.15) is 8.42 Å². The Morgan fingerprint density at radius 1 is 1.19 bits per heavy atom. The highest BCUT2D eigenvalue weighted by molar-refractivity contribution is 7.94. The minimum absolute atomic E-state index is 0.0699. The number of carboxylic acid groups (broad SMARTS) is 1. The Morgan fingerprint density at radius 3 is 2.47 bits per heavy atom. The number of aromatic carboxylic acids is 1. The molecule has 0 bridgehead atoms. The van der Waals surface area contributed by atoms with Crippen LogP contribution in [0.1, 0.15) is 46.1 Å². The SMILES string of the molecule is Cc1csc(S(=O)(=O)N(CC2(C)COC2)c2cc3c(cc2COc2ccc(C(=O)O)cc2)CCC3)n1. The van der Waals surface area contributed by atoms with Crippen LogP contribution in [0.15, 0.2) is 46.1 Å². The van der Waals surface area contributed by atoms with Crippen molar-refractivity contribution in [2.24, 2.45) is 5.41 Å². The van der Waals surface area contributed by atoms with Gasteiger partial charge in [0.05, 0.1) is 24.5 Å². The predicted octanol–water partition coefficient (Wildman–Crippen LogP) is 4.45. The van der Waals surface area contributed by atoms with Crippen LogP contribution in [0.2, 0.25) is 0 Å². The summed E-state index contributed by atoms with van der Waals surface area (Å²) in [6.45, 7) is 5.20. The minimum Gasteiger partial charge on any atom is -0.489 e. The molecule has 8 nitrogen and oxygen atoms in total. The van der Waals surface area contributed by atoms with Crippen molar-refractivity contribution in [1.82, 2.24) is 4.98 Å². The van der Waals surface area contributed by atoms with E-state index in [4.69, 9.17) is 14.6 Å². The topological polar surface area (TPSA) is 106 Å². The standard InChI is InChI=1S/C26H28N2O6S2/c1-17-13-35-25(27-17)36(31,32)28(14-26(2)15-33-16-26)23-11-20-5-3-4-19(20)10-21(23)12-34-22-8-6-18(7-9-22)24(29)30/h6-11,13H,3-5,12,14-16H2,1-2H3,(H,29,30). The van der Waals surface area contributed by atoms with Gasteiger partial charge in [-0.3, -0.25) is 4.31 Å². The van der Waals surface area contributed by atoms with E-state index in [9.17, 15) is 13.2 Å². The summed E-state index contributed by atoms with van der Waals surface area (Å²) in [4.78, 5) is 15.5. The Bertz CT molecular complexity index is 1390. The number of anilines is 1. The van der Waals surface area contributed by atoms with E-state index in [2.05, 4.69) is 11.1 Å². The highest BCUT2D eigenvalue weighted by Crippen LogP contribution is 2.38. The summed E-state index contributed by atoms with van der Waals surface area (Å²) in [6.07, 6.45) is 2.88. The lowest BCUT2D eigenvalue weighted by atomic mass is 9.88. The van der Waals surface area contributed by atoms with Gasteiger partial charge in [-0.25, -0.2) is 9.78 Å². The molecule has 2 aromatic carbocycles. The molecule has 1 aliphatic heterocycles. The van der Waals surface area contributed by atoms with Gasteiger partial charge in [-0.05, 0) is 67.6 Å². The summed E-state index contributed by atoms with van der Waals surface area (Å²) in [5.74, 6) is -0.495. The molecule has 190 valence electrons. The van der Waals surface area contributed by atoms with Crippen LogP contribution in [0.5, 0.6) is 5.75 Å². The normalized spacial score (nSPS) is 16.3. The molecule has 0 spiro atoms. The first kappa shape index (κ1) is 24.7. The molecule has 0 atom stereocenters. The molecule has 1 aliphatic carbocycles. The van der Waals surface area contributed by atoms with Crippen molar-refractivity contribution in [3.8, 4) is 5.75 Å². The van der Waals surface area contributed by atoms with E-state index < -0.39 is 16.0 Å². The molecule has 1 fully saturated rings. The zero-order valence-electron chi connectivity index (χ0n) is 20.2. The maximum atomic E-state index is 13.9. The number of sulfonamides is 1. The number of aryl methyl sites for hydroxylation is 3. The molecule has 1 saturated heterocycles. The number of ether oxygens (including phenoxy) is 2. The molecule has 0 saturated carbocycles. The fourth-order valence-electron chi connectivity index (χ4n) is 4.60. The minimum atomic E-state index is -3.92. The molecule has 10 heteroatoms. The van der Waals surface area contributed by atoms with E-state index in [0.717, 1.165) is 41.7 Å². The fourth-order valence-corrected chi connectivity index (χ4v) is 7.38. The third-order valence-corrected chi connectivity index (χ3v) is 9.70. The highest BCUT2D eigenvalue weighted by Gasteiger charge is 2.41. The quantitative estimate of drug-likeness (QED) is 0.437. The number of carboxylic acids is 1. The summed E-state index contributed by atoms with van der Waals surface area (Å²) in [5, 5.41) is 10.9. The van der Waals surface area contributed by atoms with Gasteiger partial charge < -0.3 is 14.6 Å². The third-order valence-electron chi connectivity index (χ3n) is 6.59. The van der Waals surface area contributed by atoms with Gasteiger partial charge in [0.2, 0.25) is 4.34 Å². The Hall–Kier alpha value is -2.95. The van der Waals surface area contributed by atoms with Gasteiger partial charge >= 0.3 is 5.97 Å². The van der Waals surface area contributed by atoms with Gasteiger partial charge in [0, 0.05) is 28.6 Å². The number of nitrogens with zero attached hydrogens (tertiary/aromatic N) is 2. The molecule has 2 aliphatic rings. The first-order valence-corrected chi connectivity index (χ1v) is 14.1. The first-order valence-electron chi connectivity index (χ1n) is 11.8. The van der Waals surface area contributed by atoms with Crippen molar-refractivity contribution in [1.29, 1.82) is 0 Å². The van der Waals surface area contributed by atoms with Crippen LogP contribution in [0.3, 0.4) is 0 Å². The Labute approximate surface area is 214 Å². The van der Waals surface area contributed by atoms with Crippen molar-refractivity contribution >= 4 is 33.0 Å². The van der Waals surface area contributed by atoms with Crippen molar-refractivity contribution in [3.63, 3.8) is 0 Å². The molecular formula is C26H28N2O6S2. The number of benzene rings is 2. The van der Waals surface area contributed by atoms with Crippen LogP contribution in [0, 0.1) is 12.3 Å². The van der Waals surface area contributed by atoms with Crippen LogP contribution in [-0.4, -0.2) is 44.2 Å². The Balaban J connectivity index is 1.54. The number of aromatic nitrogens is 1. The van der Waals surface area contributed by atoms with E-state index in [0.29, 0.717) is 30.3 Å². The van der Waals surface area contributed by atoms with Crippen LogP contribution >= 0.6 is 11.3 Å². The second kappa shape index (κ2) is 9.49. The number of hydrogen-bond donors (Lipinski definition) is 1. The predicted molar refractivity (Wildman–Crippen MR) is 137 cm³/mol. The highest BCUT2D eigenvalue weighted by atomic mass is 32.2. The molecule has 3 aromatic rings. The van der Waals surface area contributed by atoms with Gasteiger partial charge in [-0.15, -0.1) is 11.3 Å². The lowest BCUT2D eigenvalue weighted by Gasteiger charge is -2.42. The summed E-state index contributed by atoms with van der Waals surface area (Å²) in [5.41, 5.74) is 4.26. The summed E-state index contributed by atoms with van der Waals surface area (Å²) in [6, 6.07) is 10.2. The van der Waals surface area contributed by atoms with Crippen LogP contribution in [0.25, 0.3) is 0 Å². The van der Waals surface area contributed by atoms with E-state index in [-0.39, 0.29) is 28.5 Å². The maximum Gasteiger partial charge on any atom is 0.335 e. The molecule has 0 unspecified atom stereocenters. The number of rotatable bonds is 9. The lowest BCUT2D eigenvalue weighted by molar-refractivity contribution is -0.0941. The van der Waals surface area contributed by atoms with E-state index >= 15 is 0 Å². The fraction of sp³-hybridized carbons (Fsp3) is 0.385. The summed E-state index contributed by atoms with van der Waals surface area (Å²) in [7, 11) is -3.92. The summed E-state index contributed by atoms with van der Waals surface area (Å²) < 4.78 is 40.9. The van der Waals surface area contributed by atoms with Crippen molar-refractivity contribution in [2.45, 2.75) is 44.1 Å². The van der Waals surface area contributed by atoms with Crippen molar-refractivity contribution in [2.75, 3.05) is 24.1 Å². The molecular weight excluding hydrogens is 500 g/mol. The molecule has 2 heterocycles. The Morgan fingerprint density at radius 2 is 1.89 bits per heavy atom. The van der Waals surface area contributed by atoms with Crippen LogP contribution in [-0.2, 0) is 34.2 Å². The Kier molecular flexibility index (Phi) is 6.52. The molecule has 1 N–H and O–H groups in total. The zero-order valence-corrected chi connectivity index (χ0v) is 21.8. The molecule has 0 amide bonds. The molecule has 5 rings (SSSR count). The molecule has 1 aromatic heterocycles. The third kappa shape index (κ3) is 4.85. The summed E-state index contributed by atoms with van der Waals surface area (Å²) >= 11 is 1.13. The maximum absolute atomic E-state index is 13.9. The van der Waals surface area contributed by atoms with Crippen molar-refractivity contribution < 1.29 is 27.8 Å². The second-order valence-corrected chi connectivity index (χ2v) is 12.7. The van der Waals surface area contributed by atoms with E-state index in [1.54, 1.807) is 24.4 Å². The van der Waals surface area contributed by atoms with Crippen LogP contribution in [0.4, 0.5) is 5.69 Å². The van der Waals surface area contributed by atoms with Crippen LogP contribution < -0.4 is 9.04 Å². The monoisotopic (exact) mass is 528 g/mol. The molecule has 0 radical (unpaired) electrons. The average molecular weight is 529 g/mol. The smallest absolute Gasteiger partial charge is 0.335 e. The van der Waals surface area contributed by atoms with Gasteiger partial charge in [0.15, 0.2) is 0 Å². The van der Waals surface area contributed by atoms with Crippen molar-refractivity contribution in [3.05, 3.63) is 69.7 Å². The number of thiazole rings is 1. The first-order chi connectivity index (χ1) is 17.1. The average Bonchev–Trinajstić information content (AvgIpc) is 3.48. The number of fused-ring (bicyclic) bond motifs is 1. The van der Waals surface area contributed by atoms with E-state index in [1.807, 2.05) is 13.0 Å². The lowest BCUT2D eigenvalue weighted by Crippen LogP contribution is -2.50. The largest absolute Gasteiger partial charge is 0.489 e. The van der Waals surface area contributed by atoms with E-state index in [1.165, 1.54) is 22.0 Å².